The first-order chi connectivity index (χ1) is 12.6. The number of rotatable bonds is 5. The Hall–Kier alpha value is -2.66. The summed E-state index contributed by atoms with van der Waals surface area (Å²) in [6.07, 6.45) is 0. The molecule has 1 saturated heterocycles. The lowest BCUT2D eigenvalue weighted by molar-refractivity contribution is -0.154. The van der Waals surface area contributed by atoms with Crippen molar-refractivity contribution in [1.29, 1.82) is 0 Å². The van der Waals surface area contributed by atoms with Crippen molar-refractivity contribution in [3.05, 3.63) is 65.7 Å². The molecule has 0 spiro atoms. The fourth-order valence-electron chi connectivity index (χ4n) is 3.13. The van der Waals surface area contributed by atoms with Crippen LogP contribution in [0.15, 0.2) is 54.6 Å². The van der Waals surface area contributed by atoms with Crippen LogP contribution in [-0.2, 0) is 20.9 Å². The first-order valence-electron chi connectivity index (χ1n) is 8.87. The van der Waals surface area contributed by atoms with E-state index in [1.54, 1.807) is 4.90 Å². The molecule has 2 aromatic rings. The second kappa shape index (κ2) is 8.15. The van der Waals surface area contributed by atoms with E-state index < -0.39 is 6.04 Å². The van der Waals surface area contributed by atoms with Gasteiger partial charge in [0.15, 0.2) is 0 Å². The van der Waals surface area contributed by atoms with Crippen LogP contribution < -0.4 is 5.32 Å². The highest BCUT2D eigenvalue weighted by Crippen LogP contribution is 2.24. The minimum absolute atomic E-state index is 0.0131. The number of benzene rings is 2. The number of nitrogens with zero attached hydrogens (tertiary/aromatic N) is 1. The third kappa shape index (κ3) is 4.11. The van der Waals surface area contributed by atoms with E-state index in [-0.39, 0.29) is 30.9 Å². The van der Waals surface area contributed by atoms with E-state index in [4.69, 9.17) is 4.74 Å². The fraction of sp³-hybridized carbons (Fsp3) is 0.333. The van der Waals surface area contributed by atoms with Gasteiger partial charge in [0.25, 0.3) is 0 Å². The van der Waals surface area contributed by atoms with Gasteiger partial charge in [-0.3, -0.25) is 9.59 Å². The van der Waals surface area contributed by atoms with Crippen molar-refractivity contribution in [2.24, 2.45) is 0 Å². The van der Waals surface area contributed by atoms with Gasteiger partial charge in [0.2, 0.25) is 11.8 Å². The Morgan fingerprint density at radius 1 is 1.15 bits per heavy atom. The summed E-state index contributed by atoms with van der Waals surface area (Å²) in [7, 11) is 0. The maximum Gasteiger partial charge on any atom is 0.249 e. The average molecular weight is 352 g/mol. The molecule has 1 heterocycles. The number of carbonyl (C=O) groups is 2. The smallest absolute Gasteiger partial charge is 0.249 e. The molecule has 2 amide bonds. The Morgan fingerprint density at radius 3 is 2.58 bits per heavy atom. The summed E-state index contributed by atoms with van der Waals surface area (Å²) in [5, 5.41) is 2.99. The van der Waals surface area contributed by atoms with Crippen molar-refractivity contribution in [1.82, 2.24) is 4.90 Å². The van der Waals surface area contributed by atoms with Crippen molar-refractivity contribution in [2.75, 3.05) is 18.5 Å². The number of ether oxygens (including phenoxy) is 1. The van der Waals surface area contributed by atoms with Crippen LogP contribution in [0.25, 0.3) is 0 Å². The highest BCUT2D eigenvalue weighted by Gasteiger charge is 2.34. The molecule has 1 aliphatic heterocycles. The van der Waals surface area contributed by atoms with Crippen LogP contribution >= 0.6 is 0 Å². The molecule has 0 saturated carbocycles. The molecule has 1 unspecified atom stereocenters. The van der Waals surface area contributed by atoms with Crippen molar-refractivity contribution < 1.29 is 14.3 Å². The number of carbonyl (C=O) groups excluding carboxylic acids is 2. The number of morpholine rings is 1. The van der Waals surface area contributed by atoms with Gasteiger partial charge in [0, 0.05) is 12.2 Å². The average Bonchev–Trinajstić information content (AvgIpc) is 2.64. The van der Waals surface area contributed by atoms with Gasteiger partial charge in [-0.15, -0.1) is 0 Å². The van der Waals surface area contributed by atoms with E-state index in [9.17, 15) is 9.59 Å². The first-order valence-corrected chi connectivity index (χ1v) is 8.87. The quantitative estimate of drug-likeness (QED) is 0.899. The van der Waals surface area contributed by atoms with E-state index in [0.717, 1.165) is 16.8 Å². The molecular weight excluding hydrogens is 328 g/mol. The van der Waals surface area contributed by atoms with Crippen molar-refractivity contribution in [3.8, 4) is 0 Å². The summed E-state index contributed by atoms with van der Waals surface area (Å²) in [6.45, 7) is 4.78. The molecule has 136 valence electrons. The lowest BCUT2D eigenvalue weighted by Gasteiger charge is -2.34. The van der Waals surface area contributed by atoms with Crippen LogP contribution in [0.4, 0.5) is 5.69 Å². The summed E-state index contributed by atoms with van der Waals surface area (Å²) in [6, 6.07) is 16.8. The maximum atomic E-state index is 12.9. The summed E-state index contributed by atoms with van der Waals surface area (Å²) in [5.74, 6) is -0.101. The van der Waals surface area contributed by atoms with Gasteiger partial charge in [0.05, 0.1) is 6.61 Å². The largest absolute Gasteiger partial charge is 0.369 e. The maximum absolute atomic E-state index is 12.9. The molecule has 1 atom stereocenters. The second-order valence-electron chi connectivity index (χ2n) is 6.77. The van der Waals surface area contributed by atoms with Crippen LogP contribution in [0.2, 0.25) is 0 Å². The molecule has 26 heavy (non-hydrogen) atoms. The number of para-hydroxylation sites is 1. The number of hydrogen-bond acceptors (Lipinski definition) is 3. The Kier molecular flexibility index (Phi) is 5.68. The fourth-order valence-corrected chi connectivity index (χ4v) is 3.13. The lowest BCUT2D eigenvalue weighted by atomic mass is 10.0. The van der Waals surface area contributed by atoms with Crippen LogP contribution in [0, 0.1) is 0 Å². The van der Waals surface area contributed by atoms with Gasteiger partial charge in [-0.05, 0) is 23.1 Å². The van der Waals surface area contributed by atoms with Gasteiger partial charge in [-0.2, -0.15) is 0 Å². The Morgan fingerprint density at radius 2 is 1.85 bits per heavy atom. The van der Waals surface area contributed by atoms with Crippen LogP contribution in [0.1, 0.15) is 30.9 Å². The molecule has 5 nitrogen and oxygen atoms in total. The van der Waals surface area contributed by atoms with E-state index in [0.29, 0.717) is 6.54 Å². The Balaban J connectivity index is 1.79. The van der Waals surface area contributed by atoms with Crippen molar-refractivity contribution in [3.63, 3.8) is 0 Å². The molecule has 5 heteroatoms. The number of nitrogens with one attached hydrogen (secondary N) is 1. The SMILES string of the molecule is CC(C)c1ccccc1NC(=O)C1COCC(=O)N1Cc1ccccc1. The highest BCUT2D eigenvalue weighted by molar-refractivity contribution is 5.98. The van der Waals surface area contributed by atoms with Gasteiger partial charge < -0.3 is 15.0 Å². The Bertz CT molecular complexity index is 774. The van der Waals surface area contributed by atoms with Gasteiger partial charge in [0.1, 0.15) is 12.6 Å². The molecule has 0 bridgehead atoms. The zero-order valence-corrected chi connectivity index (χ0v) is 15.1. The molecule has 0 radical (unpaired) electrons. The van der Waals surface area contributed by atoms with Crippen molar-refractivity contribution >= 4 is 17.5 Å². The Labute approximate surface area is 154 Å². The number of amides is 2. The second-order valence-corrected chi connectivity index (χ2v) is 6.77. The molecule has 0 aliphatic carbocycles. The van der Waals surface area contributed by atoms with Crippen LogP contribution in [0.3, 0.4) is 0 Å². The van der Waals surface area contributed by atoms with Crippen LogP contribution in [0.5, 0.6) is 0 Å². The van der Waals surface area contributed by atoms with E-state index in [2.05, 4.69) is 19.2 Å². The van der Waals surface area contributed by atoms with Gasteiger partial charge in [-0.25, -0.2) is 0 Å². The van der Waals surface area contributed by atoms with Gasteiger partial charge in [-0.1, -0.05) is 62.4 Å². The van der Waals surface area contributed by atoms with E-state index >= 15 is 0 Å². The standard InChI is InChI=1S/C21H24N2O3/c1-15(2)17-10-6-7-11-18(17)22-21(25)19-13-26-14-20(24)23(19)12-16-8-4-3-5-9-16/h3-11,15,19H,12-14H2,1-2H3,(H,22,25). The molecule has 0 aromatic heterocycles. The zero-order valence-electron chi connectivity index (χ0n) is 15.1. The third-order valence-corrected chi connectivity index (χ3v) is 4.54. The predicted molar refractivity (Wildman–Crippen MR) is 101 cm³/mol. The summed E-state index contributed by atoms with van der Waals surface area (Å²) < 4.78 is 5.35. The number of hydrogen-bond donors (Lipinski definition) is 1. The molecule has 1 N–H and O–H groups in total. The monoisotopic (exact) mass is 352 g/mol. The predicted octanol–water partition coefficient (Wildman–Crippen LogP) is 3.18. The topological polar surface area (TPSA) is 58.6 Å². The van der Waals surface area contributed by atoms with Crippen LogP contribution in [-0.4, -0.2) is 36.0 Å². The molecule has 2 aromatic carbocycles. The normalized spacial score (nSPS) is 17.4. The van der Waals surface area contributed by atoms with E-state index in [1.807, 2.05) is 54.6 Å². The zero-order chi connectivity index (χ0) is 18.5. The molecule has 3 rings (SSSR count). The summed E-state index contributed by atoms with van der Waals surface area (Å²) >= 11 is 0. The molecule has 1 fully saturated rings. The minimum Gasteiger partial charge on any atom is -0.369 e. The molecular formula is C21H24N2O3. The minimum atomic E-state index is -0.642. The summed E-state index contributed by atoms with van der Waals surface area (Å²) in [5.41, 5.74) is 2.84. The van der Waals surface area contributed by atoms with E-state index in [1.165, 1.54) is 0 Å². The lowest BCUT2D eigenvalue weighted by Crippen LogP contribution is -2.54. The van der Waals surface area contributed by atoms with Gasteiger partial charge >= 0.3 is 0 Å². The molecule has 1 aliphatic rings. The third-order valence-electron chi connectivity index (χ3n) is 4.54. The summed E-state index contributed by atoms with van der Waals surface area (Å²) in [4.78, 5) is 26.9. The highest BCUT2D eigenvalue weighted by atomic mass is 16.5. The van der Waals surface area contributed by atoms with Crippen molar-refractivity contribution in [2.45, 2.75) is 32.4 Å². The first kappa shape index (κ1) is 18.1. The number of anilines is 1.